The summed E-state index contributed by atoms with van der Waals surface area (Å²) in [5.74, 6) is 1.98. The Bertz CT molecular complexity index is 539. The van der Waals surface area contributed by atoms with E-state index < -0.39 is 10.0 Å². The average molecular weight is 347 g/mol. The van der Waals surface area contributed by atoms with Crippen LogP contribution in [0.2, 0.25) is 0 Å². The third-order valence-corrected chi connectivity index (χ3v) is 8.63. The highest BCUT2D eigenvalue weighted by atomic mass is 32.2. The molecular weight excluding hydrogens is 324 g/mol. The molecule has 2 aliphatic heterocycles. The number of sulfonamides is 1. The monoisotopic (exact) mass is 346 g/mol. The third-order valence-electron chi connectivity index (χ3n) is 4.11. The van der Waals surface area contributed by atoms with Crippen LogP contribution in [0.25, 0.3) is 0 Å². The molecule has 2 saturated heterocycles. The van der Waals surface area contributed by atoms with Crippen LogP contribution in [0.4, 0.5) is 0 Å². The second-order valence-electron chi connectivity index (χ2n) is 5.64. The number of likely N-dealkylation sites (tertiary alicyclic amines) is 1. The molecule has 118 valence electrons. The zero-order valence-electron chi connectivity index (χ0n) is 12.1. The van der Waals surface area contributed by atoms with Gasteiger partial charge < -0.3 is 4.90 Å². The van der Waals surface area contributed by atoms with Crippen molar-refractivity contribution in [2.24, 2.45) is 0 Å². The maximum atomic E-state index is 12.9. The van der Waals surface area contributed by atoms with E-state index in [1.165, 1.54) is 24.2 Å². The Labute approximate surface area is 135 Å². The summed E-state index contributed by atoms with van der Waals surface area (Å²) in [6, 6.07) is 3.66. The molecule has 7 heteroatoms. The summed E-state index contributed by atoms with van der Waals surface area (Å²) in [7, 11) is -3.32. The van der Waals surface area contributed by atoms with Crippen molar-refractivity contribution in [3.05, 3.63) is 17.5 Å². The third kappa shape index (κ3) is 3.64. The van der Waals surface area contributed by atoms with E-state index in [9.17, 15) is 8.42 Å². The van der Waals surface area contributed by atoms with Crippen LogP contribution in [0.3, 0.4) is 0 Å². The van der Waals surface area contributed by atoms with Crippen LogP contribution in [0.15, 0.2) is 21.7 Å². The Kier molecular flexibility index (Phi) is 5.27. The second kappa shape index (κ2) is 7.00. The predicted molar refractivity (Wildman–Crippen MR) is 89.6 cm³/mol. The number of rotatable bonds is 4. The standard InChI is InChI=1S/C14H22N2O2S3/c17-21(18,14-5-3-10-20-14)16-8-4-9-19-12-13(16)11-15-6-1-2-7-15/h3,5,10,13H,1-2,4,6-9,11-12H2/t13-/m0/s1. The van der Waals surface area contributed by atoms with Gasteiger partial charge in [-0.2, -0.15) is 16.1 Å². The molecule has 0 aliphatic carbocycles. The van der Waals surface area contributed by atoms with Crippen LogP contribution >= 0.6 is 23.1 Å². The molecule has 0 aromatic carbocycles. The molecule has 0 bridgehead atoms. The van der Waals surface area contributed by atoms with Gasteiger partial charge in [-0.05, 0) is 49.6 Å². The van der Waals surface area contributed by atoms with Crippen molar-refractivity contribution in [3.63, 3.8) is 0 Å². The van der Waals surface area contributed by atoms with E-state index in [2.05, 4.69) is 4.90 Å². The number of thiophene rings is 1. The van der Waals surface area contributed by atoms with Crippen LogP contribution in [0.1, 0.15) is 19.3 Å². The Morgan fingerprint density at radius 3 is 2.71 bits per heavy atom. The summed E-state index contributed by atoms with van der Waals surface area (Å²) in [5, 5.41) is 1.84. The van der Waals surface area contributed by atoms with Crippen molar-refractivity contribution in [3.8, 4) is 0 Å². The van der Waals surface area contributed by atoms with Crippen molar-refractivity contribution in [1.82, 2.24) is 9.21 Å². The van der Waals surface area contributed by atoms with Gasteiger partial charge in [-0.25, -0.2) is 8.42 Å². The van der Waals surface area contributed by atoms with E-state index in [-0.39, 0.29) is 6.04 Å². The molecule has 1 aromatic heterocycles. The maximum Gasteiger partial charge on any atom is 0.252 e. The van der Waals surface area contributed by atoms with Gasteiger partial charge in [-0.3, -0.25) is 0 Å². The lowest BCUT2D eigenvalue weighted by Crippen LogP contribution is -2.47. The number of hydrogen-bond acceptors (Lipinski definition) is 5. The summed E-state index contributed by atoms with van der Waals surface area (Å²) in [5.41, 5.74) is 0. The summed E-state index contributed by atoms with van der Waals surface area (Å²) in [6.45, 7) is 3.78. The first-order valence-corrected chi connectivity index (χ1v) is 11.0. The molecule has 2 fully saturated rings. The van der Waals surface area contributed by atoms with Gasteiger partial charge in [0, 0.05) is 24.9 Å². The quantitative estimate of drug-likeness (QED) is 0.839. The Hall–Kier alpha value is -0.0800. The van der Waals surface area contributed by atoms with Gasteiger partial charge >= 0.3 is 0 Å². The molecular formula is C14H22N2O2S3. The molecule has 0 N–H and O–H groups in total. The first kappa shape index (κ1) is 15.8. The highest BCUT2D eigenvalue weighted by molar-refractivity contribution is 7.99. The van der Waals surface area contributed by atoms with Crippen molar-refractivity contribution in [2.45, 2.75) is 29.5 Å². The first-order chi connectivity index (χ1) is 10.2. The van der Waals surface area contributed by atoms with Crippen LogP contribution in [-0.2, 0) is 10.0 Å². The van der Waals surface area contributed by atoms with Gasteiger partial charge in [0.25, 0.3) is 10.0 Å². The zero-order chi connectivity index (χ0) is 14.7. The minimum atomic E-state index is -3.32. The summed E-state index contributed by atoms with van der Waals surface area (Å²) < 4.78 is 28.0. The largest absolute Gasteiger partial charge is 0.302 e. The Balaban J connectivity index is 1.81. The lowest BCUT2D eigenvalue weighted by atomic mass is 10.3. The second-order valence-corrected chi connectivity index (χ2v) is 9.85. The fourth-order valence-corrected chi connectivity index (χ4v) is 6.98. The lowest BCUT2D eigenvalue weighted by molar-refractivity contribution is 0.243. The van der Waals surface area contributed by atoms with Gasteiger partial charge in [-0.1, -0.05) is 6.07 Å². The van der Waals surface area contributed by atoms with Gasteiger partial charge in [-0.15, -0.1) is 11.3 Å². The van der Waals surface area contributed by atoms with E-state index in [0.29, 0.717) is 10.8 Å². The maximum absolute atomic E-state index is 12.9. The fraction of sp³-hybridized carbons (Fsp3) is 0.714. The Morgan fingerprint density at radius 1 is 1.19 bits per heavy atom. The highest BCUT2D eigenvalue weighted by Crippen LogP contribution is 2.27. The lowest BCUT2D eigenvalue weighted by Gasteiger charge is -2.31. The van der Waals surface area contributed by atoms with Gasteiger partial charge in [0.2, 0.25) is 0 Å². The van der Waals surface area contributed by atoms with E-state index in [1.807, 2.05) is 23.2 Å². The SMILES string of the molecule is O=S(=O)(c1cccs1)N1CCCSC[C@@H]1CN1CCCC1. The smallest absolute Gasteiger partial charge is 0.252 e. The molecule has 3 rings (SSSR count). The molecule has 1 atom stereocenters. The first-order valence-electron chi connectivity index (χ1n) is 7.53. The van der Waals surface area contributed by atoms with Crippen molar-refractivity contribution in [1.29, 1.82) is 0 Å². The minimum Gasteiger partial charge on any atom is -0.302 e. The summed E-state index contributed by atoms with van der Waals surface area (Å²) in [4.78, 5) is 2.42. The molecule has 3 heterocycles. The molecule has 0 spiro atoms. The fourth-order valence-electron chi connectivity index (χ4n) is 3.06. The number of thioether (sulfide) groups is 1. The normalized spacial score (nSPS) is 26.0. The molecule has 2 aliphatic rings. The van der Waals surface area contributed by atoms with Crippen LogP contribution in [-0.4, -0.2) is 61.3 Å². The predicted octanol–water partition coefficient (Wildman–Crippen LogP) is 2.34. The van der Waals surface area contributed by atoms with E-state index in [1.54, 1.807) is 10.4 Å². The molecule has 0 radical (unpaired) electrons. The van der Waals surface area contributed by atoms with Crippen LogP contribution in [0, 0.1) is 0 Å². The summed E-state index contributed by atoms with van der Waals surface area (Å²) >= 11 is 3.22. The van der Waals surface area contributed by atoms with Crippen molar-refractivity contribution < 1.29 is 8.42 Å². The Morgan fingerprint density at radius 2 is 2.00 bits per heavy atom. The van der Waals surface area contributed by atoms with E-state index >= 15 is 0 Å². The zero-order valence-corrected chi connectivity index (χ0v) is 14.6. The summed E-state index contributed by atoms with van der Waals surface area (Å²) in [6.07, 6.45) is 3.45. The molecule has 21 heavy (non-hydrogen) atoms. The average Bonchev–Trinajstić information content (AvgIpc) is 3.10. The van der Waals surface area contributed by atoms with E-state index in [4.69, 9.17) is 0 Å². The minimum absolute atomic E-state index is 0.114. The number of nitrogens with zero attached hydrogens (tertiary/aromatic N) is 2. The molecule has 0 unspecified atom stereocenters. The molecule has 0 saturated carbocycles. The molecule has 4 nitrogen and oxygen atoms in total. The molecule has 1 aromatic rings. The topological polar surface area (TPSA) is 40.6 Å². The highest BCUT2D eigenvalue weighted by Gasteiger charge is 2.34. The van der Waals surface area contributed by atoms with Crippen molar-refractivity contribution in [2.75, 3.05) is 37.7 Å². The van der Waals surface area contributed by atoms with Crippen LogP contribution in [0.5, 0.6) is 0 Å². The van der Waals surface area contributed by atoms with Gasteiger partial charge in [0.1, 0.15) is 4.21 Å². The van der Waals surface area contributed by atoms with E-state index in [0.717, 1.165) is 37.6 Å². The molecule has 0 amide bonds. The van der Waals surface area contributed by atoms with Crippen LogP contribution < -0.4 is 0 Å². The van der Waals surface area contributed by atoms with Gasteiger partial charge in [0.05, 0.1) is 0 Å². The van der Waals surface area contributed by atoms with Gasteiger partial charge in [0.15, 0.2) is 0 Å². The van der Waals surface area contributed by atoms with Crippen molar-refractivity contribution >= 4 is 33.1 Å². The number of hydrogen-bond donors (Lipinski definition) is 0.